The summed E-state index contributed by atoms with van der Waals surface area (Å²) in [6, 6.07) is 3.44. The number of aryl methyl sites for hydroxylation is 1. The van der Waals surface area contributed by atoms with Gasteiger partial charge in [-0.1, -0.05) is 0 Å². The molecule has 27 heavy (non-hydrogen) atoms. The molecule has 4 aromatic rings. The Bertz CT molecular complexity index is 1280. The lowest BCUT2D eigenvalue weighted by molar-refractivity contribution is 0.582. The third-order valence-corrected chi connectivity index (χ3v) is 4.85. The first-order valence-corrected chi connectivity index (χ1v) is 8.27. The van der Waals surface area contributed by atoms with Gasteiger partial charge in [0.1, 0.15) is 29.3 Å². The number of nitrogens with zero attached hydrogens (tertiary/aromatic N) is 4. The number of pyridine rings is 1. The maximum Gasteiger partial charge on any atom is 0.274 e. The van der Waals surface area contributed by atoms with Crippen molar-refractivity contribution in [3.63, 3.8) is 0 Å². The zero-order valence-electron chi connectivity index (χ0n) is 14.2. The Morgan fingerprint density at radius 1 is 1.22 bits per heavy atom. The van der Waals surface area contributed by atoms with Crippen molar-refractivity contribution < 1.29 is 8.78 Å². The molecule has 0 fully saturated rings. The van der Waals surface area contributed by atoms with Crippen LogP contribution in [0.4, 0.5) is 20.3 Å². The van der Waals surface area contributed by atoms with Gasteiger partial charge in [-0.15, -0.1) is 0 Å². The highest BCUT2D eigenvalue weighted by atomic mass is 19.1. The fourth-order valence-electron chi connectivity index (χ4n) is 3.64. The van der Waals surface area contributed by atoms with Crippen molar-refractivity contribution in [2.45, 2.75) is 6.54 Å². The predicted molar refractivity (Wildman–Crippen MR) is 96.8 cm³/mol. The Morgan fingerprint density at radius 3 is 2.89 bits per heavy atom. The number of anilines is 2. The van der Waals surface area contributed by atoms with Crippen LogP contribution >= 0.6 is 0 Å². The van der Waals surface area contributed by atoms with Gasteiger partial charge in [0, 0.05) is 48.2 Å². The molecule has 0 amide bonds. The number of aromatic amines is 1. The van der Waals surface area contributed by atoms with Gasteiger partial charge in [0.25, 0.3) is 5.56 Å². The maximum absolute atomic E-state index is 14.5. The third kappa shape index (κ3) is 2.19. The van der Waals surface area contributed by atoms with E-state index in [-0.39, 0.29) is 17.8 Å². The molecule has 3 aromatic heterocycles. The molecule has 5 rings (SSSR count). The topological polar surface area (TPSA) is 66.8 Å². The molecule has 4 heterocycles. The highest BCUT2D eigenvalue weighted by Crippen LogP contribution is 2.42. The molecule has 134 valence electrons. The minimum atomic E-state index is -0.688. The van der Waals surface area contributed by atoms with Crippen molar-refractivity contribution in [2.75, 3.05) is 4.90 Å². The summed E-state index contributed by atoms with van der Waals surface area (Å²) in [5.41, 5.74) is 2.79. The van der Waals surface area contributed by atoms with E-state index in [1.54, 1.807) is 30.5 Å². The van der Waals surface area contributed by atoms with Gasteiger partial charge in [-0.2, -0.15) is 0 Å². The second-order valence-electron chi connectivity index (χ2n) is 6.46. The molecular weight excluding hydrogens is 352 g/mol. The van der Waals surface area contributed by atoms with E-state index in [1.807, 2.05) is 0 Å². The van der Waals surface area contributed by atoms with Crippen LogP contribution in [0.5, 0.6) is 0 Å². The first kappa shape index (κ1) is 15.7. The SMILES string of the molecule is Cn1cc2c3c(c[nH]c3c1=O)CN(c1ccc(F)cc1F)c1ncncc1-2. The first-order valence-electron chi connectivity index (χ1n) is 8.27. The van der Waals surface area contributed by atoms with Crippen molar-refractivity contribution in [3.05, 3.63) is 70.7 Å². The van der Waals surface area contributed by atoms with Gasteiger partial charge in [0.15, 0.2) is 0 Å². The van der Waals surface area contributed by atoms with Gasteiger partial charge in [-0.25, -0.2) is 18.7 Å². The Labute approximate surface area is 151 Å². The molecule has 1 N–H and O–H groups in total. The molecule has 1 aromatic carbocycles. The Hall–Kier alpha value is -3.55. The molecule has 1 aliphatic rings. The minimum absolute atomic E-state index is 0.153. The van der Waals surface area contributed by atoms with E-state index in [0.717, 1.165) is 22.6 Å². The molecule has 0 saturated carbocycles. The van der Waals surface area contributed by atoms with Crippen LogP contribution in [0.2, 0.25) is 0 Å². The fourth-order valence-corrected chi connectivity index (χ4v) is 3.64. The minimum Gasteiger partial charge on any atom is -0.356 e. The van der Waals surface area contributed by atoms with Gasteiger partial charge in [0.2, 0.25) is 0 Å². The number of benzene rings is 1. The standard InChI is InChI=1S/C19H13F2N5O/c1-25-8-13-12-6-22-9-24-18(12)26(15-3-2-11(20)4-14(15)21)7-10-5-23-17(16(10)13)19(25)27/h2-6,8-9,23H,7H2,1H3. The maximum atomic E-state index is 14.5. The summed E-state index contributed by atoms with van der Waals surface area (Å²) in [4.78, 5) is 25.7. The fraction of sp³-hybridized carbons (Fsp3) is 0.105. The Balaban J connectivity index is 1.86. The number of halogens is 2. The molecule has 0 spiro atoms. The van der Waals surface area contributed by atoms with Crippen molar-refractivity contribution in [1.29, 1.82) is 0 Å². The van der Waals surface area contributed by atoms with Crippen LogP contribution in [0.1, 0.15) is 5.56 Å². The monoisotopic (exact) mass is 365 g/mol. The molecule has 0 unspecified atom stereocenters. The highest BCUT2D eigenvalue weighted by molar-refractivity contribution is 6.01. The van der Waals surface area contributed by atoms with Crippen molar-refractivity contribution in [1.82, 2.24) is 19.5 Å². The molecule has 6 nitrogen and oxygen atoms in total. The van der Waals surface area contributed by atoms with Crippen LogP contribution in [0.25, 0.3) is 22.0 Å². The Morgan fingerprint density at radius 2 is 2.07 bits per heavy atom. The van der Waals surface area contributed by atoms with Crippen LogP contribution in [0.15, 0.2) is 47.9 Å². The van der Waals surface area contributed by atoms with E-state index >= 15 is 0 Å². The van der Waals surface area contributed by atoms with Crippen molar-refractivity contribution in [3.8, 4) is 11.1 Å². The second-order valence-corrected chi connectivity index (χ2v) is 6.46. The molecular formula is C19H13F2N5O. The summed E-state index contributed by atoms with van der Waals surface area (Å²) < 4.78 is 29.4. The van der Waals surface area contributed by atoms with Crippen LogP contribution < -0.4 is 10.5 Å². The van der Waals surface area contributed by atoms with Gasteiger partial charge >= 0.3 is 0 Å². The molecule has 0 atom stereocenters. The lowest BCUT2D eigenvalue weighted by atomic mass is 10.0. The third-order valence-electron chi connectivity index (χ3n) is 4.85. The molecule has 8 heteroatoms. The highest BCUT2D eigenvalue weighted by Gasteiger charge is 2.27. The normalized spacial score (nSPS) is 12.9. The van der Waals surface area contributed by atoms with E-state index in [4.69, 9.17) is 0 Å². The van der Waals surface area contributed by atoms with Crippen LogP contribution in [-0.4, -0.2) is 19.5 Å². The summed E-state index contributed by atoms with van der Waals surface area (Å²) in [5.74, 6) is -0.844. The average molecular weight is 365 g/mol. The number of fused-ring (bicyclic) bond motifs is 2. The average Bonchev–Trinajstić information content (AvgIpc) is 3.02. The van der Waals surface area contributed by atoms with E-state index in [1.165, 1.54) is 23.0 Å². The number of H-pyrrole nitrogens is 1. The number of nitrogens with one attached hydrogen (secondary N) is 1. The molecule has 0 aliphatic carbocycles. The van der Waals surface area contributed by atoms with E-state index in [2.05, 4.69) is 15.0 Å². The van der Waals surface area contributed by atoms with Gasteiger partial charge in [-0.05, 0) is 17.7 Å². The van der Waals surface area contributed by atoms with E-state index in [0.29, 0.717) is 16.9 Å². The lowest BCUT2D eigenvalue weighted by Crippen LogP contribution is -2.19. The van der Waals surface area contributed by atoms with E-state index in [9.17, 15) is 13.6 Å². The molecule has 0 bridgehead atoms. The number of aromatic nitrogens is 4. The number of rotatable bonds is 1. The first-order chi connectivity index (χ1) is 13.0. The zero-order valence-corrected chi connectivity index (χ0v) is 14.2. The molecule has 1 aliphatic heterocycles. The van der Waals surface area contributed by atoms with Gasteiger partial charge in [-0.3, -0.25) is 4.79 Å². The van der Waals surface area contributed by atoms with Crippen LogP contribution in [0.3, 0.4) is 0 Å². The quantitative estimate of drug-likeness (QED) is 0.562. The van der Waals surface area contributed by atoms with Gasteiger partial charge in [0.05, 0.1) is 12.2 Å². The lowest BCUT2D eigenvalue weighted by Gasteiger charge is -2.24. The second kappa shape index (κ2) is 5.47. The number of hydrogen-bond acceptors (Lipinski definition) is 4. The largest absolute Gasteiger partial charge is 0.356 e. The zero-order chi connectivity index (χ0) is 18.7. The smallest absolute Gasteiger partial charge is 0.274 e. The van der Waals surface area contributed by atoms with Crippen LogP contribution in [0, 0.1) is 11.6 Å². The van der Waals surface area contributed by atoms with Gasteiger partial charge < -0.3 is 14.5 Å². The summed E-state index contributed by atoms with van der Waals surface area (Å²) in [5, 5.41) is 0.763. The van der Waals surface area contributed by atoms with Crippen molar-refractivity contribution in [2.24, 2.45) is 7.05 Å². The molecule has 0 radical (unpaired) electrons. The summed E-state index contributed by atoms with van der Waals surface area (Å²) in [7, 11) is 1.67. The Kier molecular flexibility index (Phi) is 3.18. The summed E-state index contributed by atoms with van der Waals surface area (Å²) in [6.45, 7) is 0.271. The summed E-state index contributed by atoms with van der Waals surface area (Å²) in [6.07, 6.45) is 6.49. The predicted octanol–water partition coefficient (Wildman–Crippen LogP) is 3.25. The van der Waals surface area contributed by atoms with Crippen molar-refractivity contribution >= 4 is 22.4 Å². The summed E-state index contributed by atoms with van der Waals surface area (Å²) >= 11 is 0. The number of hydrogen-bond donors (Lipinski definition) is 1. The van der Waals surface area contributed by atoms with Crippen LogP contribution in [-0.2, 0) is 13.6 Å². The van der Waals surface area contributed by atoms with E-state index < -0.39 is 11.6 Å². The molecule has 0 saturated heterocycles.